The van der Waals surface area contributed by atoms with E-state index in [1.807, 2.05) is 22.6 Å². The fourth-order valence-corrected chi connectivity index (χ4v) is 3.96. The van der Waals surface area contributed by atoms with E-state index in [2.05, 4.69) is 10.6 Å². The molecule has 0 heterocycles. The molecular weight excluding hydrogens is 546 g/mol. The van der Waals surface area contributed by atoms with Gasteiger partial charge in [-0.1, -0.05) is 48.0 Å². The monoisotopic (exact) mass is 560 g/mol. The summed E-state index contributed by atoms with van der Waals surface area (Å²) in [6.07, 6.45) is 0. The number of benzene rings is 3. The summed E-state index contributed by atoms with van der Waals surface area (Å²) in [6.45, 7) is 0.223. The van der Waals surface area contributed by atoms with E-state index in [1.165, 1.54) is 12.1 Å². The van der Waals surface area contributed by atoms with E-state index in [0.29, 0.717) is 11.1 Å². The topological polar surface area (TPSA) is 75.3 Å². The van der Waals surface area contributed by atoms with Crippen molar-refractivity contribution >= 4 is 57.4 Å². The normalized spacial score (nSPS) is 13.1. The van der Waals surface area contributed by atoms with E-state index in [9.17, 15) is 18.8 Å². The Balaban J connectivity index is 1.44. The number of anilines is 1. The Bertz CT molecular complexity index is 1290. The Morgan fingerprint density at radius 1 is 0.938 bits per heavy atom. The van der Waals surface area contributed by atoms with Gasteiger partial charge >= 0.3 is 0 Å². The molecule has 5 nitrogen and oxygen atoms in total. The first kappa shape index (κ1) is 22.2. The molecule has 2 N–H and O–H groups in total. The number of hydrogen-bond donors (Lipinski definition) is 2. The average Bonchev–Trinajstić information content (AvgIpc) is 2.79. The van der Waals surface area contributed by atoms with Crippen molar-refractivity contribution in [1.82, 2.24) is 5.32 Å². The number of amides is 1. The third kappa shape index (κ3) is 4.44. The Labute approximate surface area is 201 Å². The summed E-state index contributed by atoms with van der Waals surface area (Å²) >= 11 is 8.14. The number of ketones is 2. The predicted molar refractivity (Wildman–Crippen MR) is 128 cm³/mol. The van der Waals surface area contributed by atoms with Crippen LogP contribution in [0.5, 0.6) is 0 Å². The molecule has 0 saturated heterocycles. The van der Waals surface area contributed by atoms with Crippen LogP contribution in [0.4, 0.5) is 10.1 Å². The summed E-state index contributed by atoms with van der Waals surface area (Å²) in [6, 6.07) is 17.6. The fraction of sp³-hybridized carbons (Fsp3) is 0.0417. The highest BCUT2D eigenvalue weighted by Gasteiger charge is 2.30. The smallest absolute Gasteiger partial charge is 0.255 e. The first-order valence-corrected chi connectivity index (χ1v) is 11.0. The second-order valence-electron chi connectivity index (χ2n) is 7.02. The zero-order valence-electron chi connectivity index (χ0n) is 16.4. The zero-order valence-corrected chi connectivity index (χ0v) is 19.3. The van der Waals surface area contributed by atoms with Crippen molar-refractivity contribution in [1.29, 1.82) is 0 Å². The first-order valence-electron chi connectivity index (χ1n) is 9.52. The maximum absolute atomic E-state index is 14.0. The van der Waals surface area contributed by atoms with E-state index in [4.69, 9.17) is 11.6 Å². The molecule has 0 radical (unpaired) electrons. The standard InChI is InChI=1S/C24H15ClFIN2O3/c25-20-21(23(31)17-4-2-1-3-16(17)22(20)30)28-12-13-5-7-14(8-6-13)24(32)29-19-10-9-15(27)11-18(19)26/h1-11,28H,12H2,(H,29,32). The fourth-order valence-electron chi connectivity index (χ4n) is 3.25. The van der Waals surface area contributed by atoms with Crippen LogP contribution in [-0.4, -0.2) is 17.5 Å². The molecule has 0 saturated carbocycles. The number of Topliss-reactive ketones (excluding diaryl/α,β-unsaturated/α-hetero) is 2. The van der Waals surface area contributed by atoms with Gasteiger partial charge in [0.25, 0.3) is 5.91 Å². The quantitative estimate of drug-likeness (QED) is 0.415. The second kappa shape index (κ2) is 9.22. The number of halogens is 3. The molecule has 0 unspecified atom stereocenters. The van der Waals surface area contributed by atoms with Gasteiger partial charge < -0.3 is 10.6 Å². The lowest BCUT2D eigenvalue weighted by atomic mass is 9.92. The van der Waals surface area contributed by atoms with Gasteiger partial charge in [0.05, 0.1) is 5.69 Å². The summed E-state index contributed by atoms with van der Waals surface area (Å²) in [4.78, 5) is 37.6. The molecule has 32 heavy (non-hydrogen) atoms. The van der Waals surface area contributed by atoms with E-state index >= 15 is 0 Å². The van der Waals surface area contributed by atoms with Crippen LogP contribution in [0.1, 0.15) is 36.6 Å². The van der Waals surface area contributed by atoms with Gasteiger partial charge in [-0.2, -0.15) is 0 Å². The molecule has 1 aliphatic rings. The lowest BCUT2D eigenvalue weighted by molar-refractivity contribution is 0.0974. The molecule has 0 atom stereocenters. The SMILES string of the molecule is O=C(Nc1ccc(I)cc1F)c1ccc(CNC2=C(Cl)C(=O)c3ccccc3C2=O)cc1. The third-order valence-electron chi connectivity index (χ3n) is 4.93. The molecule has 1 aliphatic carbocycles. The van der Waals surface area contributed by atoms with Crippen molar-refractivity contribution in [3.63, 3.8) is 0 Å². The summed E-state index contributed by atoms with van der Waals surface area (Å²) in [5, 5.41) is 5.33. The van der Waals surface area contributed by atoms with E-state index in [0.717, 1.165) is 9.13 Å². The molecule has 0 aliphatic heterocycles. The molecule has 3 aromatic carbocycles. The van der Waals surface area contributed by atoms with Crippen LogP contribution in [0, 0.1) is 9.39 Å². The molecule has 0 aromatic heterocycles. The second-order valence-corrected chi connectivity index (χ2v) is 8.65. The highest BCUT2D eigenvalue weighted by Crippen LogP contribution is 2.27. The van der Waals surface area contributed by atoms with Gasteiger partial charge in [0.2, 0.25) is 11.6 Å². The van der Waals surface area contributed by atoms with Gasteiger partial charge in [0, 0.05) is 26.8 Å². The van der Waals surface area contributed by atoms with E-state index < -0.39 is 17.5 Å². The number of carbonyl (C=O) groups is 3. The van der Waals surface area contributed by atoms with Crippen LogP contribution in [-0.2, 0) is 6.54 Å². The summed E-state index contributed by atoms with van der Waals surface area (Å²) < 4.78 is 14.7. The minimum Gasteiger partial charge on any atom is -0.376 e. The van der Waals surface area contributed by atoms with Crippen molar-refractivity contribution < 1.29 is 18.8 Å². The summed E-state index contributed by atoms with van der Waals surface area (Å²) in [7, 11) is 0. The third-order valence-corrected chi connectivity index (χ3v) is 5.96. The molecule has 3 aromatic rings. The van der Waals surface area contributed by atoms with Crippen molar-refractivity contribution in [2.45, 2.75) is 6.54 Å². The number of hydrogen-bond acceptors (Lipinski definition) is 4. The largest absolute Gasteiger partial charge is 0.376 e. The van der Waals surface area contributed by atoms with Crippen LogP contribution in [0.2, 0.25) is 0 Å². The van der Waals surface area contributed by atoms with Gasteiger partial charge in [-0.3, -0.25) is 14.4 Å². The number of carbonyl (C=O) groups excluding carboxylic acids is 3. The Hall–Kier alpha value is -3.04. The number of allylic oxidation sites excluding steroid dienone is 2. The van der Waals surface area contributed by atoms with Gasteiger partial charge in [0.15, 0.2) is 0 Å². The van der Waals surface area contributed by atoms with Crippen molar-refractivity contribution in [3.05, 3.63) is 109 Å². The summed E-state index contributed by atoms with van der Waals surface area (Å²) in [5.74, 6) is -1.70. The molecule has 0 fully saturated rings. The first-order chi connectivity index (χ1) is 15.3. The van der Waals surface area contributed by atoms with Crippen LogP contribution in [0.25, 0.3) is 0 Å². The average molecular weight is 561 g/mol. The molecule has 4 rings (SSSR count). The van der Waals surface area contributed by atoms with Gasteiger partial charge in [-0.05, 0) is 58.5 Å². The van der Waals surface area contributed by atoms with E-state index in [-0.39, 0.29) is 34.3 Å². The van der Waals surface area contributed by atoms with Crippen LogP contribution >= 0.6 is 34.2 Å². The molecule has 1 amide bonds. The highest BCUT2D eigenvalue weighted by molar-refractivity contribution is 14.1. The van der Waals surface area contributed by atoms with Crippen LogP contribution in [0.3, 0.4) is 0 Å². The van der Waals surface area contributed by atoms with Gasteiger partial charge in [0.1, 0.15) is 16.5 Å². The maximum Gasteiger partial charge on any atom is 0.255 e. The number of nitrogens with one attached hydrogen (secondary N) is 2. The molecule has 160 valence electrons. The number of fused-ring (bicyclic) bond motifs is 1. The highest BCUT2D eigenvalue weighted by atomic mass is 127. The number of rotatable bonds is 5. The predicted octanol–water partition coefficient (Wildman–Crippen LogP) is 5.30. The molecular formula is C24H15ClFIN2O3. The molecule has 0 spiro atoms. The van der Waals surface area contributed by atoms with Gasteiger partial charge in [-0.25, -0.2) is 4.39 Å². The Kier molecular flexibility index (Phi) is 6.38. The summed E-state index contributed by atoms with van der Waals surface area (Å²) in [5.41, 5.74) is 1.85. The van der Waals surface area contributed by atoms with Crippen molar-refractivity contribution in [3.8, 4) is 0 Å². The van der Waals surface area contributed by atoms with Crippen molar-refractivity contribution in [2.24, 2.45) is 0 Å². The molecule has 8 heteroatoms. The minimum absolute atomic E-state index is 0.0476. The Morgan fingerprint density at radius 3 is 2.25 bits per heavy atom. The van der Waals surface area contributed by atoms with Crippen LogP contribution in [0.15, 0.2) is 77.5 Å². The molecule has 0 bridgehead atoms. The lowest BCUT2D eigenvalue weighted by Gasteiger charge is -2.19. The van der Waals surface area contributed by atoms with Gasteiger partial charge in [-0.15, -0.1) is 0 Å². The zero-order chi connectivity index (χ0) is 22.8. The lowest BCUT2D eigenvalue weighted by Crippen LogP contribution is -2.28. The van der Waals surface area contributed by atoms with Crippen LogP contribution < -0.4 is 10.6 Å². The van der Waals surface area contributed by atoms with Crippen molar-refractivity contribution in [2.75, 3.05) is 5.32 Å². The van der Waals surface area contributed by atoms with E-state index in [1.54, 1.807) is 54.6 Å². The minimum atomic E-state index is -0.510. The Morgan fingerprint density at radius 2 is 1.59 bits per heavy atom. The maximum atomic E-state index is 14.0.